The van der Waals surface area contributed by atoms with Crippen LogP contribution >= 0.6 is 0 Å². The maximum Gasteiger partial charge on any atom is 0.186 e. The summed E-state index contributed by atoms with van der Waals surface area (Å²) >= 11 is 0. The van der Waals surface area contributed by atoms with E-state index in [1.165, 1.54) is 0 Å². The lowest BCUT2D eigenvalue weighted by atomic mass is 10.0. The molecule has 3 nitrogen and oxygen atoms in total. The molecule has 24 heavy (non-hydrogen) atoms. The Morgan fingerprint density at radius 2 is 1.58 bits per heavy atom. The van der Waals surface area contributed by atoms with Crippen LogP contribution in [0.3, 0.4) is 0 Å². The largest absolute Gasteiger partial charge is 0.289 e. The molecule has 0 spiro atoms. The Labute approximate surface area is 139 Å². The number of rotatable bonds is 3. The summed E-state index contributed by atoms with van der Waals surface area (Å²) in [7, 11) is 0. The van der Waals surface area contributed by atoms with E-state index in [2.05, 4.69) is 9.97 Å². The zero-order valence-electron chi connectivity index (χ0n) is 12.9. The molecule has 1 aromatic heterocycles. The molecule has 0 atom stereocenters. The van der Waals surface area contributed by atoms with Gasteiger partial charge >= 0.3 is 0 Å². The van der Waals surface area contributed by atoms with Crippen molar-refractivity contribution in [2.45, 2.75) is 0 Å². The summed E-state index contributed by atoms with van der Waals surface area (Å²) in [6.07, 6.45) is 4.94. The number of nitrogens with zero attached hydrogens (tertiary/aromatic N) is 2. The highest BCUT2D eigenvalue weighted by atomic mass is 16.1. The number of hydrogen-bond donors (Lipinski definition) is 0. The summed E-state index contributed by atoms with van der Waals surface area (Å²) in [5, 5.41) is 2.02. The quantitative estimate of drug-likeness (QED) is 0.407. The van der Waals surface area contributed by atoms with Gasteiger partial charge in [0.2, 0.25) is 0 Å². The maximum absolute atomic E-state index is 12.6. The lowest BCUT2D eigenvalue weighted by molar-refractivity contribution is 0.104. The van der Waals surface area contributed by atoms with Crippen molar-refractivity contribution in [2.75, 3.05) is 0 Å². The maximum atomic E-state index is 12.6. The predicted octanol–water partition coefficient (Wildman–Crippen LogP) is 4.68. The number of carbonyl (C=O) groups excluding carboxylic acids is 1. The van der Waals surface area contributed by atoms with Crippen LogP contribution in [0.4, 0.5) is 0 Å². The first-order valence-electron chi connectivity index (χ1n) is 7.73. The van der Waals surface area contributed by atoms with E-state index < -0.39 is 0 Å². The van der Waals surface area contributed by atoms with Crippen molar-refractivity contribution in [3.8, 4) is 0 Å². The molecule has 0 saturated carbocycles. The second kappa shape index (κ2) is 6.05. The second-order valence-corrected chi connectivity index (χ2v) is 5.51. The summed E-state index contributed by atoms with van der Waals surface area (Å²) in [6.45, 7) is 0. The SMILES string of the molecule is O=C(/C=C/c1cnc2ccccc2n1)c1cccc2ccccc12. The molecule has 0 fully saturated rings. The van der Waals surface area contributed by atoms with Gasteiger partial charge in [-0.2, -0.15) is 0 Å². The lowest BCUT2D eigenvalue weighted by Gasteiger charge is -2.03. The van der Waals surface area contributed by atoms with Gasteiger partial charge in [-0.25, -0.2) is 4.98 Å². The highest BCUT2D eigenvalue weighted by molar-refractivity contribution is 6.14. The molecular formula is C21H14N2O. The van der Waals surface area contributed by atoms with Crippen molar-refractivity contribution in [3.05, 3.63) is 90.3 Å². The highest BCUT2D eigenvalue weighted by Gasteiger charge is 2.06. The molecule has 4 rings (SSSR count). The Morgan fingerprint density at radius 1 is 0.833 bits per heavy atom. The molecule has 0 amide bonds. The molecule has 114 valence electrons. The van der Waals surface area contributed by atoms with Gasteiger partial charge in [0, 0.05) is 5.56 Å². The van der Waals surface area contributed by atoms with E-state index in [-0.39, 0.29) is 5.78 Å². The van der Waals surface area contributed by atoms with Crippen LogP contribution in [0.2, 0.25) is 0 Å². The van der Waals surface area contributed by atoms with Gasteiger partial charge in [0.05, 0.1) is 22.9 Å². The minimum absolute atomic E-state index is 0.0400. The summed E-state index contributed by atoms with van der Waals surface area (Å²) in [6, 6.07) is 21.3. The van der Waals surface area contributed by atoms with Gasteiger partial charge in [-0.05, 0) is 35.1 Å². The van der Waals surface area contributed by atoms with E-state index >= 15 is 0 Å². The summed E-state index contributed by atoms with van der Waals surface area (Å²) in [4.78, 5) is 21.4. The molecule has 3 heteroatoms. The first-order valence-corrected chi connectivity index (χ1v) is 7.73. The number of hydrogen-bond acceptors (Lipinski definition) is 3. The smallest absolute Gasteiger partial charge is 0.186 e. The first kappa shape index (κ1) is 14.3. The Balaban J connectivity index is 1.68. The minimum Gasteiger partial charge on any atom is -0.289 e. The van der Waals surface area contributed by atoms with Gasteiger partial charge in [0.25, 0.3) is 0 Å². The van der Waals surface area contributed by atoms with Crippen LogP contribution in [0, 0.1) is 0 Å². The van der Waals surface area contributed by atoms with Crippen LogP contribution in [-0.2, 0) is 0 Å². The van der Waals surface area contributed by atoms with Gasteiger partial charge < -0.3 is 0 Å². The Bertz CT molecular complexity index is 1080. The van der Waals surface area contributed by atoms with Gasteiger partial charge in [-0.3, -0.25) is 9.78 Å². The molecule has 0 aliphatic carbocycles. The number of aromatic nitrogens is 2. The Morgan fingerprint density at radius 3 is 2.50 bits per heavy atom. The molecule has 0 bridgehead atoms. The monoisotopic (exact) mass is 310 g/mol. The van der Waals surface area contributed by atoms with Gasteiger partial charge in [0.1, 0.15) is 0 Å². The summed E-state index contributed by atoms with van der Waals surface area (Å²) in [5.41, 5.74) is 3.02. The van der Waals surface area contributed by atoms with Crippen LogP contribution in [0.25, 0.3) is 27.9 Å². The number of carbonyl (C=O) groups is 1. The first-order chi connectivity index (χ1) is 11.8. The third-order valence-electron chi connectivity index (χ3n) is 3.93. The third kappa shape index (κ3) is 2.68. The van der Waals surface area contributed by atoms with Crippen molar-refractivity contribution in [1.29, 1.82) is 0 Å². The molecule has 4 aromatic rings. The average molecular weight is 310 g/mol. The minimum atomic E-state index is -0.0400. The van der Waals surface area contributed by atoms with Crippen LogP contribution < -0.4 is 0 Å². The van der Waals surface area contributed by atoms with Crippen LogP contribution in [0.15, 0.2) is 79.0 Å². The topological polar surface area (TPSA) is 42.9 Å². The van der Waals surface area contributed by atoms with Crippen molar-refractivity contribution in [2.24, 2.45) is 0 Å². The van der Waals surface area contributed by atoms with E-state index in [1.54, 1.807) is 18.3 Å². The number of para-hydroxylation sites is 2. The number of ketones is 1. The molecule has 0 N–H and O–H groups in total. The predicted molar refractivity (Wildman–Crippen MR) is 96.9 cm³/mol. The van der Waals surface area contributed by atoms with E-state index in [0.29, 0.717) is 11.3 Å². The molecular weight excluding hydrogens is 296 g/mol. The van der Waals surface area contributed by atoms with E-state index in [4.69, 9.17) is 0 Å². The Kier molecular flexibility index (Phi) is 3.60. The van der Waals surface area contributed by atoms with Crippen molar-refractivity contribution >= 4 is 33.7 Å². The molecule has 0 radical (unpaired) electrons. The normalized spacial score (nSPS) is 11.3. The average Bonchev–Trinajstić information content (AvgIpc) is 2.65. The van der Waals surface area contributed by atoms with Crippen molar-refractivity contribution < 1.29 is 4.79 Å². The lowest BCUT2D eigenvalue weighted by Crippen LogP contribution is -1.96. The third-order valence-corrected chi connectivity index (χ3v) is 3.93. The molecule has 0 aliphatic rings. The van der Waals surface area contributed by atoms with Crippen LogP contribution in [0.5, 0.6) is 0 Å². The van der Waals surface area contributed by atoms with E-state index in [1.807, 2.05) is 66.7 Å². The molecule has 0 aliphatic heterocycles. The van der Waals surface area contributed by atoms with Gasteiger partial charge in [-0.1, -0.05) is 54.6 Å². The van der Waals surface area contributed by atoms with Crippen molar-refractivity contribution in [1.82, 2.24) is 9.97 Å². The summed E-state index contributed by atoms with van der Waals surface area (Å²) in [5.74, 6) is -0.0400. The number of benzene rings is 3. The van der Waals surface area contributed by atoms with Gasteiger partial charge in [0.15, 0.2) is 5.78 Å². The molecule has 1 heterocycles. The van der Waals surface area contributed by atoms with E-state index in [0.717, 1.165) is 21.8 Å². The van der Waals surface area contributed by atoms with Gasteiger partial charge in [-0.15, -0.1) is 0 Å². The number of allylic oxidation sites excluding steroid dienone is 1. The fourth-order valence-corrected chi connectivity index (χ4v) is 2.74. The Hall–Kier alpha value is -3.33. The van der Waals surface area contributed by atoms with Crippen LogP contribution in [-0.4, -0.2) is 15.8 Å². The fraction of sp³-hybridized carbons (Fsp3) is 0. The zero-order chi connectivity index (χ0) is 16.4. The highest BCUT2D eigenvalue weighted by Crippen LogP contribution is 2.19. The standard InChI is InChI=1S/C21H14N2O/c24-21(18-9-5-7-15-6-1-2-8-17(15)18)13-12-16-14-22-19-10-3-4-11-20(19)23-16/h1-14H/b13-12+. The van der Waals surface area contributed by atoms with Crippen molar-refractivity contribution in [3.63, 3.8) is 0 Å². The number of fused-ring (bicyclic) bond motifs is 2. The second-order valence-electron chi connectivity index (χ2n) is 5.51. The molecule has 3 aromatic carbocycles. The molecule has 0 saturated heterocycles. The summed E-state index contributed by atoms with van der Waals surface area (Å²) < 4.78 is 0. The fourth-order valence-electron chi connectivity index (χ4n) is 2.74. The zero-order valence-corrected chi connectivity index (χ0v) is 12.9. The van der Waals surface area contributed by atoms with Crippen LogP contribution in [0.1, 0.15) is 16.1 Å². The molecule has 0 unspecified atom stereocenters. The van der Waals surface area contributed by atoms with E-state index in [9.17, 15) is 4.79 Å².